The van der Waals surface area contributed by atoms with Crippen molar-refractivity contribution in [2.75, 3.05) is 5.32 Å². The number of carbonyl (C=O) groups excluding carboxylic acids is 1. The SMILES string of the molecule is CCc1nc(NC(=O)C2CCCC(N)C2)sc1C. The molecule has 1 aliphatic rings. The number of nitrogens with one attached hydrogen (secondary N) is 1. The molecule has 2 atom stereocenters. The molecule has 5 heteroatoms. The Kier molecular flexibility index (Phi) is 4.35. The van der Waals surface area contributed by atoms with Crippen LogP contribution in [0.25, 0.3) is 0 Å². The number of hydrogen-bond acceptors (Lipinski definition) is 4. The second-order valence-corrected chi connectivity index (χ2v) is 6.19. The average molecular weight is 267 g/mol. The fourth-order valence-electron chi connectivity index (χ4n) is 2.48. The molecule has 3 N–H and O–H groups in total. The summed E-state index contributed by atoms with van der Waals surface area (Å²) < 4.78 is 0. The second-order valence-electron chi connectivity index (χ2n) is 4.99. The van der Waals surface area contributed by atoms with Gasteiger partial charge in [0.2, 0.25) is 5.91 Å². The minimum atomic E-state index is 0.0584. The third kappa shape index (κ3) is 3.09. The van der Waals surface area contributed by atoms with E-state index in [1.54, 1.807) is 11.3 Å². The van der Waals surface area contributed by atoms with E-state index in [2.05, 4.69) is 17.2 Å². The highest BCUT2D eigenvalue weighted by atomic mass is 32.1. The number of anilines is 1. The molecule has 0 aliphatic heterocycles. The summed E-state index contributed by atoms with van der Waals surface area (Å²) in [4.78, 5) is 17.7. The van der Waals surface area contributed by atoms with Crippen LogP contribution in [0.3, 0.4) is 0 Å². The van der Waals surface area contributed by atoms with Gasteiger partial charge in [-0.15, -0.1) is 11.3 Å². The van der Waals surface area contributed by atoms with Crippen molar-refractivity contribution < 1.29 is 4.79 Å². The van der Waals surface area contributed by atoms with Crippen molar-refractivity contribution in [3.8, 4) is 0 Å². The Morgan fingerprint density at radius 1 is 1.56 bits per heavy atom. The maximum absolute atomic E-state index is 12.1. The van der Waals surface area contributed by atoms with Crippen LogP contribution in [0, 0.1) is 12.8 Å². The lowest BCUT2D eigenvalue weighted by atomic mass is 9.86. The van der Waals surface area contributed by atoms with Crippen LogP contribution >= 0.6 is 11.3 Å². The van der Waals surface area contributed by atoms with E-state index in [1.165, 1.54) is 4.88 Å². The second kappa shape index (κ2) is 5.80. The van der Waals surface area contributed by atoms with E-state index < -0.39 is 0 Å². The predicted octanol–water partition coefficient (Wildman–Crippen LogP) is 2.47. The van der Waals surface area contributed by atoms with Gasteiger partial charge in [-0.1, -0.05) is 13.3 Å². The molecule has 1 aromatic rings. The molecule has 2 unspecified atom stereocenters. The quantitative estimate of drug-likeness (QED) is 0.884. The van der Waals surface area contributed by atoms with Crippen molar-refractivity contribution in [1.82, 2.24) is 4.98 Å². The molecule has 1 aromatic heterocycles. The average Bonchev–Trinajstić information content (AvgIpc) is 2.69. The minimum absolute atomic E-state index is 0.0584. The summed E-state index contributed by atoms with van der Waals surface area (Å²) >= 11 is 1.56. The van der Waals surface area contributed by atoms with E-state index in [9.17, 15) is 4.79 Å². The number of hydrogen-bond donors (Lipinski definition) is 2. The first-order valence-corrected chi connectivity index (χ1v) is 7.44. The van der Waals surface area contributed by atoms with Crippen molar-refractivity contribution in [3.63, 3.8) is 0 Å². The van der Waals surface area contributed by atoms with Gasteiger partial charge in [0.05, 0.1) is 5.69 Å². The summed E-state index contributed by atoms with van der Waals surface area (Å²) in [5, 5.41) is 3.67. The molecule has 0 saturated heterocycles. The Hall–Kier alpha value is -0.940. The van der Waals surface area contributed by atoms with Gasteiger partial charge < -0.3 is 11.1 Å². The fourth-order valence-corrected chi connectivity index (χ4v) is 3.39. The van der Waals surface area contributed by atoms with E-state index in [0.29, 0.717) is 0 Å². The minimum Gasteiger partial charge on any atom is -0.328 e. The molecule has 4 nitrogen and oxygen atoms in total. The Labute approximate surface area is 112 Å². The molecule has 1 aliphatic carbocycles. The van der Waals surface area contributed by atoms with E-state index in [-0.39, 0.29) is 17.9 Å². The fraction of sp³-hybridized carbons (Fsp3) is 0.692. The van der Waals surface area contributed by atoms with Gasteiger partial charge in [-0.3, -0.25) is 4.79 Å². The van der Waals surface area contributed by atoms with E-state index in [1.807, 2.05) is 6.92 Å². The van der Waals surface area contributed by atoms with E-state index in [0.717, 1.165) is 42.9 Å². The van der Waals surface area contributed by atoms with Crippen LogP contribution in [-0.2, 0) is 11.2 Å². The van der Waals surface area contributed by atoms with Gasteiger partial charge in [-0.05, 0) is 32.6 Å². The standard InChI is InChI=1S/C13H21N3OS/c1-3-11-8(2)18-13(15-11)16-12(17)9-5-4-6-10(14)7-9/h9-10H,3-7,14H2,1-2H3,(H,15,16,17). The molecule has 2 rings (SSSR count). The lowest BCUT2D eigenvalue weighted by Crippen LogP contribution is -2.34. The van der Waals surface area contributed by atoms with Crippen molar-refractivity contribution in [2.45, 2.75) is 52.0 Å². The summed E-state index contributed by atoms with van der Waals surface area (Å²) in [6.45, 7) is 4.12. The van der Waals surface area contributed by atoms with E-state index in [4.69, 9.17) is 5.73 Å². The third-order valence-corrected chi connectivity index (χ3v) is 4.47. The number of rotatable bonds is 3. The Morgan fingerprint density at radius 3 is 2.94 bits per heavy atom. The van der Waals surface area contributed by atoms with Gasteiger partial charge in [0.25, 0.3) is 0 Å². The highest BCUT2D eigenvalue weighted by Gasteiger charge is 2.25. The molecule has 0 spiro atoms. The summed E-state index contributed by atoms with van der Waals surface area (Å²) in [5.74, 6) is 0.143. The van der Waals surface area contributed by atoms with Crippen LogP contribution in [0.1, 0.15) is 43.2 Å². The van der Waals surface area contributed by atoms with Crippen LogP contribution in [0.2, 0.25) is 0 Å². The highest BCUT2D eigenvalue weighted by Crippen LogP contribution is 2.27. The molecule has 0 radical (unpaired) electrons. The van der Waals surface area contributed by atoms with Crippen molar-refractivity contribution in [1.29, 1.82) is 0 Å². The zero-order valence-corrected chi connectivity index (χ0v) is 11.8. The molecule has 1 amide bonds. The largest absolute Gasteiger partial charge is 0.328 e. The van der Waals surface area contributed by atoms with Gasteiger partial charge in [0, 0.05) is 16.8 Å². The van der Waals surface area contributed by atoms with Gasteiger partial charge in [-0.2, -0.15) is 0 Å². The predicted molar refractivity (Wildman–Crippen MR) is 74.8 cm³/mol. The number of aromatic nitrogens is 1. The summed E-state index contributed by atoms with van der Waals surface area (Å²) in [7, 11) is 0. The molecule has 1 fully saturated rings. The maximum atomic E-state index is 12.1. The lowest BCUT2D eigenvalue weighted by Gasteiger charge is -2.25. The zero-order valence-electron chi connectivity index (χ0n) is 11.0. The topological polar surface area (TPSA) is 68.0 Å². The molecule has 1 heterocycles. The van der Waals surface area contributed by atoms with Crippen molar-refractivity contribution in [3.05, 3.63) is 10.6 Å². The molecule has 1 saturated carbocycles. The number of aryl methyl sites for hydroxylation is 2. The van der Waals surface area contributed by atoms with Crippen molar-refractivity contribution >= 4 is 22.4 Å². The molecule has 0 aromatic carbocycles. The normalized spacial score (nSPS) is 23.9. The van der Waals surface area contributed by atoms with Gasteiger partial charge in [0.15, 0.2) is 5.13 Å². The van der Waals surface area contributed by atoms with Crippen LogP contribution in [0.5, 0.6) is 0 Å². The molecule has 18 heavy (non-hydrogen) atoms. The number of carbonyl (C=O) groups is 1. The van der Waals surface area contributed by atoms with Gasteiger partial charge >= 0.3 is 0 Å². The first-order valence-electron chi connectivity index (χ1n) is 6.63. The van der Waals surface area contributed by atoms with Crippen molar-refractivity contribution in [2.24, 2.45) is 11.7 Å². The summed E-state index contributed by atoms with van der Waals surface area (Å²) in [5.41, 5.74) is 6.99. The number of nitrogens with zero attached hydrogens (tertiary/aromatic N) is 1. The molecule has 0 bridgehead atoms. The van der Waals surface area contributed by atoms with Gasteiger partial charge in [-0.25, -0.2) is 4.98 Å². The molecular formula is C13H21N3OS. The lowest BCUT2D eigenvalue weighted by molar-refractivity contribution is -0.120. The smallest absolute Gasteiger partial charge is 0.229 e. The molecule has 100 valence electrons. The van der Waals surface area contributed by atoms with Crippen LogP contribution in [-0.4, -0.2) is 16.9 Å². The Balaban J connectivity index is 1.97. The van der Waals surface area contributed by atoms with Crippen LogP contribution in [0.15, 0.2) is 0 Å². The van der Waals surface area contributed by atoms with Gasteiger partial charge in [0.1, 0.15) is 0 Å². The third-order valence-electron chi connectivity index (χ3n) is 3.54. The number of nitrogens with two attached hydrogens (primary N) is 1. The number of thiazole rings is 1. The Bertz CT molecular complexity index is 430. The summed E-state index contributed by atoms with van der Waals surface area (Å²) in [6, 6.07) is 0.179. The maximum Gasteiger partial charge on any atom is 0.229 e. The monoisotopic (exact) mass is 267 g/mol. The van der Waals surface area contributed by atoms with E-state index >= 15 is 0 Å². The molecular weight excluding hydrogens is 246 g/mol. The highest BCUT2D eigenvalue weighted by molar-refractivity contribution is 7.15. The van der Waals surface area contributed by atoms with Crippen LogP contribution in [0.4, 0.5) is 5.13 Å². The van der Waals surface area contributed by atoms with Crippen LogP contribution < -0.4 is 11.1 Å². The summed E-state index contributed by atoms with van der Waals surface area (Å²) in [6.07, 6.45) is 4.75. The zero-order chi connectivity index (χ0) is 13.1. The first kappa shape index (κ1) is 13.5. The Morgan fingerprint density at radius 2 is 2.33 bits per heavy atom. The first-order chi connectivity index (χ1) is 8.60. The number of amides is 1.